The summed E-state index contributed by atoms with van der Waals surface area (Å²) in [5.74, 6) is 2.39. The summed E-state index contributed by atoms with van der Waals surface area (Å²) in [5, 5.41) is 11.0. The molecule has 1 aliphatic rings. The van der Waals surface area contributed by atoms with Gasteiger partial charge in [0.2, 0.25) is 0 Å². The molecule has 18 heavy (non-hydrogen) atoms. The maximum atomic E-state index is 11.0. The van der Waals surface area contributed by atoms with Crippen LogP contribution in [0.2, 0.25) is 0 Å². The number of nitrogens with zero attached hydrogens (tertiary/aromatic N) is 1. The van der Waals surface area contributed by atoms with Crippen LogP contribution in [-0.2, 0) is 0 Å². The second-order valence-electron chi connectivity index (χ2n) is 8.24. The average Bonchev–Trinajstić information content (AvgIpc) is 2.26. The van der Waals surface area contributed by atoms with E-state index in [1.807, 2.05) is 0 Å². The van der Waals surface area contributed by atoms with Crippen LogP contribution in [0.1, 0.15) is 41.5 Å². The van der Waals surface area contributed by atoms with Gasteiger partial charge < -0.3 is 9.59 Å². The van der Waals surface area contributed by atoms with E-state index in [9.17, 15) is 5.11 Å². The Hall–Kier alpha value is -0.0800. The number of hydrogen-bond acceptors (Lipinski definition) is 1. The van der Waals surface area contributed by atoms with Crippen LogP contribution in [0.4, 0.5) is 0 Å². The SMILES string of the molecule is CC1C(C)C(C)C(C)(C)[C@@H](O)C([N+](C)(C)C)C1C. The van der Waals surface area contributed by atoms with Crippen molar-refractivity contribution < 1.29 is 9.59 Å². The van der Waals surface area contributed by atoms with E-state index < -0.39 is 0 Å². The van der Waals surface area contributed by atoms with Crippen LogP contribution >= 0.6 is 0 Å². The summed E-state index contributed by atoms with van der Waals surface area (Å²) in [6, 6.07) is 0.308. The lowest BCUT2D eigenvalue weighted by molar-refractivity contribution is -0.905. The maximum absolute atomic E-state index is 11.0. The number of aliphatic hydroxyl groups is 1. The highest BCUT2D eigenvalue weighted by Gasteiger charge is 2.52. The fourth-order valence-electron chi connectivity index (χ4n) is 4.05. The zero-order valence-electron chi connectivity index (χ0n) is 13.9. The Kier molecular flexibility index (Phi) is 4.25. The Morgan fingerprint density at radius 2 is 1.28 bits per heavy atom. The standard InChI is InChI=1S/C16H34NO/c1-10-11(2)13(4)16(5,6)15(18)14(12(10)3)17(7,8)9/h10-15,18H,1-9H3/q+1/t10?,11?,12?,13?,14?,15-/m0/s1. The molecule has 1 saturated carbocycles. The summed E-state index contributed by atoms with van der Waals surface area (Å²) in [6.45, 7) is 13.8. The molecule has 0 amide bonds. The van der Waals surface area contributed by atoms with Gasteiger partial charge in [-0.05, 0) is 23.2 Å². The van der Waals surface area contributed by atoms with Gasteiger partial charge >= 0.3 is 0 Å². The fraction of sp³-hybridized carbons (Fsp3) is 1.00. The first-order chi connectivity index (χ1) is 7.92. The van der Waals surface area contributed by atoms with Crippen LogP contribution < -0.4 is 0 Å². The first-order valence-electron chi connectivity index (χ1n) is 7.41. The zero-order chi connectivity index (χ0) is 14.5. The average molecular weight is 256 g/mol. The van der Waals surface area contributed by atoms with E-state index in [1.54, 1.807) is 0 Å². The van der Waals surface area contributed by atoms with E-state index in [0.717, 1.165) is 4.48 Å². The lowest BCUT2D eigenvalue weighted by Gasteiger charge is -2.45. The molecule has 1 rings (SSSR count). The summed E-state index contributed by atoms with van der Waals surface area (Å²) in [6.07, 6.45) is -0.241. The van der Waals surface area contributed by atoms with Crippen molar-refractivity contribution in [1.82, 2.24) is 0 Å². The molecule has 0 spiro atoms. The summed E-state index contributed by atoms with van der Waals surface area (Å²) in [5.41, 5.74) is -0.0192. The molecular formula is C16H34NO+. The topological polar surface area (TPSA) is 20.2 Å². The Labute approximate surface area is 114 Å². The Bertz CT molecular complexity index is 292. The van der Waals surface area contributed by atoms with Crippen molar-refractivity contribution in [2.45, 2.75) is 53.7 Å². The van der Waals surface area contributed by atoms with Crippen molar-refractivity contribution >= 4 is 0 Å². The van der Waals surface area contributed by atoms with Crippen LogP contribution in [0, 0.1) is 29.1 Å². The zero-order valence-corrected chi connectivity index (χ0v) is 13.9. The molecule has 0 aromatic rings. The van der Waals surface area contributed by atoms with Crippen LogP contribution in [0.5, 0.6) is 0 Å². The molecule has 0 heterocycles. The lowest BCUT2D eigenvalue weighted by Crippen LogP contribution is -2.59. The smallest absolute Gasteiger partial charge is 0.118 e. The Morgan fingerprint density at radius 1 is 0.833 bits per heavy atom. The van der Waals surface area contributed by atoms with Crippen LogP contribution in [0.3, 0.4) is 0 Å². The van der Waals surface area contributed by atoms with Gasteiger partial charge in [-0.15, -0.1) is 0 Å². The van der Waals surface area contributed by atoms with Gasteiger partial charge in [0.15, 0.2) is 0 Å². The first kappa shape index (κ1) is 16.0. The highest BCUT2D eigenvalue weighted by Crippen LogP contribution is 2.48. The van der Waals surface area contributed by atoms with E-state index in [4.69, 9.17) is 0 Å². The van der Waals surface area contributed by atoms with Gasteiger partial charge in [-0.2, -0.15) is 0 Å². The van der Waals surface area contributed by atoms with E-state index in [0.29, 0.717) is 29.7 Å². The number of likely N-dealkylation sites (N-methyl/N-ethyl adjacent to an activating group) is 1. The Balaban J connectivity index is 3.28. The first-order valence-corrected chi connectivity index (χ1v) is 7.41. The molecule has 1 fully saturated rings. The molecule has 6 atom stereocenters. The molecule has 2 heteroatoms. The van der Waals surface area contributed by atoms with E-state index >= 15 is 0 Å². The number of hydrogen-bond donors (Lipinski definition) is 1. The Morgan fingerprint density at radius 3 is 1.67 bits per heavy atom. The minimum atomic E-state index is -0.241. The highest BCUT2D eigenvalue weighted by atomic mass is 16.3. The predicted molar refractivity (Wildman–Crippen MR) is 78.3 cm³/mol. The molecule has 1 N–H and O–H groups in total. The van der Waals surface area contributed by atoms with Gasteiger partial charge in [-0.25, -0.2) is 0 Å². The third-order valence-electron chi connectivity index (χ3n) is 6.14. The molecule has 108 valence electrons. The monoisotopic (exact) mass is 256 g/mol. The second kappa shape index (κ2) is 4.79. The van der Waals surface area contributed by atoms with Gasteiger partial charge in [0.05, 0.1) is 21.1 Å². The fourth-order valence-corrected chi connectivity index (χ4v) is 4.05. The van der Waals surface area contributed by atoms with Crippen molar-refractivity contribution in [2.75, 3.05) is 21.1 Å². The van der Waals surface area contributed by atoms with Crippen molar-refractivity contribution in [3.63, 3.8) is 0 Å². The van der Waals surface area contributed by atoms with Crippen molar-refractivity contribution in [3.8, 4) is 0 Å². The predicted octanol–water partition coefficient (Wildman–Crippen LogP) is 3.01. The van der Waals surface area contributed by atoms with Gasteiger partial charge in [0.1, 0.15) is 12.1 Å². The normalized spacial score (nSPS) is 45.7. The summed E-state index contributed by atoms with van der Waals surface area (Å²) in [7, 11) is 6.65. The van der Waals surface area contributed by atoms with E-state index in [-0.39, 0.29) is 11.5 Å². The van der Waals surface area contributed by atoms with Crippen LogP contribution in [0.25, 0.3) is 0 Å². The highest BCUT2D eigenvalue weighted by molar-refractivity contribution is 4.97. The van der Waals surface area contributed by atoms with Gasteiger partial charge in [-0.1, -0.05) is 41.5 Å². The molecule has 2 nitrogen and oxygen atoms in total. The van der Waals surface area contributed by atoms with Gasteiger partial charge in [0.25, 0.3) is 0 Å². The number of rotatable bonds is 1. The quantitative estimate of drug-likeness (QED) is 0.565. The molecule has 0 bridgehead atoms. The molecule has 1 aliphatic carbocycles. The minimum absolute atomic E-state index is 0.0192. The van der Waals surface area contributed by atoms with Crippen molar-refractivity contribution in [2.24, 2.45) is 29.1 Å². The van der Waals surface area contributed by atoms with Crippen molar-refractivity contribution in [3.05, 3.63) is 0 Å². The molecular weight excluding hydrogens is 222 g/mol. The summed E-state index contributed by atoms with van der Waals surface area (Å²) >= 11 is 0. The molecule has 0 aliphatic heterocycles. The maximum Gasteiger partial charge on any atom is 0.118 e. The van der Waals surface area contributed by atoms with Crippen LogP contribution in [-0.4, -0.2) is 42.9 Å². The number of quaternary nitrogens is 1. The molecule has 0 saturated heterocycles. The van der Waals surface area contributed by atoms with Gasteiger partial charge in [0, 0.05) is 5.92 Å². The summed E-state index contributed by atoms with van der Waals surface area (Å²) in [4.78, 5) is 0. The minimum Gasteiger partial charge on any atom is -0.386 e. The molecule has 5 unspecified atom stereocenters. The second-order valence-corrected chi connectivity index (χ2v) is 8.24. The van der Waals surface area contributed by atoms with Crippen LogP contribution in [0.15, 0.2) is 0 Å². The third-order valence-corrected chi connectivity index (χ3v) is 6.14. The molecule has 0 radical (unpaired) electrons. The molecule has 0 aromatic heterocycles. The van der Waals surface area contributed by atoms with Gasteiger partial charge in [-0.3, -0.25) is 0 Å². The van der Waals surface area contributed by atoms with E-state index in [2.05, 4.69) is 62.7 Å². The lowest BCUT2D eigenvalue weighted by atomic mass is 9.69. The van der Waals surface area contributed by atoms with E-state index in [1.165, 1.54) is 0 Å². The third kappa shape index (κ3) is 2.46. The number of aliphatic hydroxyl groups excluding tert-OH is 1. The summed E-state index contributed by atoms with van der Waals surface area (Å²) < 4.78 is 0.843. The largest absolute Gasteiger partial charge is 0.386 e. The molecule has 0 aromatic carbocycles. The van der Waals surface area contributed by atoms with Crippen molar-refractivity contribution in [1.29, 1.82) is 0 Å².